The molecule has 3 rings (SSSR count). The maximum absolute atomic E-state index is 12.8. The SMILES string of the molecule is O=S(=O)(N1CCCCC1)N1CCC(=NO)c2ccccc21. The second-order valence-corrected chi connectivity index (χ2v) is 7.21. The maximum atomic E-state index is 12.8. The predicted molar refractivity (Wildman–Crippen MR) is 81.1 cm³/mol. The van der Waals surface area contributed by atoms with Crippen LogP contribution in [0.25, 0.3) is 0 Å². The average Bonchev–Trinajstić information content (AvgIpc) is 2.54. The molecule has 1 fully saturated rings. The smallest absolute Gasteiger partial charge is 0.304 e. The Morgan fingerprint density at radius 3 is 2.48 bits per heavy atom. The normalized spacial score (nSPS) is 22.3. The molecule has 6 nitrogen and oxygen atoms in total. The second-order valence-electron chi connectivity index (χ2n) is 5.35. The van der Waals surface area contributed by atoms with Gasteiger partial charge in [-0.05, 0) is 18.9 Å². The summed E-state index contributed by atoms with van der Waals surface area (Å²) < 4.78 is 28.7. The lowest BCUT2D eigenvalue weighted by Gasteiger charge is -2.36. The van der Waals surface area contributed by atoms with E-state index in [0.29, 0.717) is 43.0 Å². The monoisotopic (exact) mass is 309 g/mol. The van der Waals surface area contributed by atoms with Crippen LogP contribution in [0.4, 0.5) is 5.69 Å². The van der Waals surface area contributed by atoms with Crippen LogP contribution in [0.15, 0.2) is 29.4 Å². The molecule has 2 aliphatic rings. The molecule has 0 atom stereocenters. The number of oxime groups is 1. The predicted octanol–water partition coefficient (Wildman–Crippen LogP) is 1.81. The van der Waals surface area contributed by atoms with E-state index in [0.717, 1.165) is 19.3 Å². The van der Waals surface area contributed by atoms with Gasteiger partial charge >= 0.3 is 10.2 Å². The number of hydrogen-bond acceptors (Lipinski definition) is 4. The Bertz CT molecular complexity index is 651. The zero-order valence-corrected chi connectivity index (χ0v) is 12.6. The summed E-state index contributed by atoms with van der Waals surface area (Å²) in [5.74, 6) is 0. The number of anilines is 1. The highest BCUT2D eigenvalue weighted by molar-refractivity contribution is 7.90. The molecule has 7 heteroatoms. The first-order valence-corrected chi connectivity index (χ1v) is 8.62. The van der Waals surface area contributed by atoms with E-state index < -0.39 is 10.2 Å². The van der Waals surface area contributed by atoms with Crippen molar-refractivity contribution in [3.8, 4) is 0 Å². The molecule has 1 saturated heterocycles. The van der Waals surface area contributed by atoms with Gasteiger partial charge in [-0.2, -0.15) is 12.7 Å². The van der Waals surface area contributed by atoms with Gasteiger partial charge in [-0.3, -0.25) is 4.31 Å². The minimum atomic E-state index is -3.50. The summed E-state index contributed by atoms with van der Waals surface area (Å²) in [5.41, 5.74) is 1.82. The molecule has 1 N–H and O–H groups in total. The zero-order chi connectivity index (χ0) is 14.9. The molecule has 1 aromatic rings. The summed E-state index contributed by atoms with van der Waals surface area (Å²) >= 11 is 0. The Morgan fingerprint density at radius 2 is 1.76 bits per heavy atom. The van der Waals surface area contributed by atoms with Crippen LogP contribution in [0, 0.1) is 0 Å². The summed E-state index contributed by atoms with van der Waals surface area (Å²) in [6.45, 7) is 1.49. The van der Waals surface area contributed by atoms with E-state index >= 15 is 0 Å². The van der Waals surface area contributed by atoms with Crippen molar-refractivity contribution in [2.24, 2.45) is 5.16 Å². The second kappa shape index (κ2) is 5.65. The van der Waals surface area contributed by atoms with Gasteiger partial charge in [0, 0.05) is 31.6 Å². The minimum Gasteiger partial charge on any atom is -0.411 e. The third-order valence-corrected chi connectivity index (χ3v) is 6.03. The van der Waals surface area contributed by atoms with Gasteiger partial charge in [0.1, 0.15) is 0 Å². The van der Waals surface area contributed by atoms with E-state index in [1.54, 1.807) is 22.5 Å². The van der Waals surface area contributed by atoms with E-state index in [1.165, 1.54) is 4.31 Å². The summed E-state index contributed by atoms with van der Waals surface area (Å²) in [6, 6.07) is 7.18. The number of piperidine rings is 1. The lowest BCUT2D eigenvalue weighted by molar-refractivity contribution is 0.317. The van der Waals surface area contributed by atoms with Crippen molar-refractivity contribution in [2.75, 3.05) is 23.9 Å². The first kappa shape index (κ1) is 14.3. The molecule has 114 valence electrons. The fraction of sp³-hybridized carbons (Fsp3) is 0.500. The molecule has 1 aromatic carbocycles. The van der Waals surface area contributed by atoms with Crippen molar-refractivity contribution < 1.29 is 13.6 Å². The lowest BCUT2D eigenvalue weighted by atomic mass is 10.0. The molecule has 2 heterocycles. The summed E-state index contributed by atoms with van der Waals surface area (Å²) in [7, 11) is -3.50. The Balaban J connectivity index is 1.99. The van der Waals surface area contributed by atoms with Crippen LogP contribution in [-0.2, 0) is 10.2 Å². The number of benzene rings is 1. The summed E-state index contributed by atoms with van der Waals surface area (Å²) in [4.78, 5) is 0. The number of nitrogens with zero attached hydrogens (tertiary/aromatic N) is 3. The molecule has 0 spiro atoms. The van der Waals surface area contributed by atoms with Gasteiger partial charge in [0.2, 0.25) is 0 Å². The van der Waals surface area contributed by atoms with E-state index in [1.807, 2.05) is 6.07 Å². The van der Waals surface area contributed by atoms with Crippen LogP contribution in [-0.4, -0.2) is 43.3 Å². The Labute approximate surface area is 124 Å². The van der Waals surface area contributed by atoms with Crippen LogP contribution >= 0.6 is 0 Å². The number of hydrogen-bond donors (Lipinski definition) is 1. The molecule has 0 saturated carbocycles. The molecule has 0 aliphatic carbocycles. The van der Waals surface area contributed by atoms with Crippen LogP contribution in [0.2, 0.25) is 0 Å². The largest absolute Gasteiger partial charge is 0.411 e. The third kappa shape index (κ3) is 2.51. The first-order valence-electron chi connectivity index (χ1n) is 7.23. The minimum absolute atomic E-state index is 0.315. The van der Waals surface area contributed by atoms with Gasteiger partial charge < -0.3 is 5.21 Å². The van der Waals surface area contributed by atoms with E-state index in [4.69, 9.17) is 5.21 Å². The van der Waals surface area contributed by atoms with Crippen molar-refractivity contribution in [3.63, 3.8) is 0 Å². The van der Waals surface area contributed by atoms with Gasteiger partial charge in [0.15, 0.2) is 0 Å². The molecule has 21 heavy (non-hydrogen) atoms. The third-order valence-electron chi connectivity index (χ3n) is 4.08. The standard InChI is InChI=1S/C14H19N3O3S/c18-15-13-8-11-17(14-7-3-2-6-12(13)14)21(19,20)16-9-4-1-5-10-16/h2-3,6-7,18H,1,4-5,8-11H2. The van der Waals surface area contributed by atoms with E-state index in [9.17, 15) is 8.42 Å². The molecule has 0 aromatic heterocycles. The Kier molecular flexibility index (Phi) is 3.86. The summed E-state index contributed by atoms with van der Waals surface area (Å²) in [6.07, 6.45) is 3.33. The average molecular weight is 309 g/mol. The maximum Gasteiger partial charge on any atom is 0.304 e. The molecule has 0 bridgehead atoms. The van der Waals surface area contributed by atoms with Gasteiger partial charge in [-0.25, -0.2) is 0 Å². The summed E-state index contributed by atoms with van der Waals surface area (Å²) in [5, 5.41) is 12.4. The lowest BCUT2D eigenvalue weighted by Crippen LogP contribution is -2.48. The van der Waals surface area contributed by atoms with Gasteiger partial charge in [-0.15, -0.1) is 0 Å². The molecular weight excluding hydrogens is 290 g/mol. The highest BCUT2D eigenvalue weighted by atomic mass is 32.2. The van der Waals surface area contributed by atoms with E-state index in [-0.39, 0.29) is 0 Å². The fourth-order valence-corrected chi connectivity index (χ4v) is 4.70. The van der Waals surface area contributed by atoms with Crippen LogP contribution in [0.5, 0.6) is 0 Å². The Morgan fingerprint density at radius 1 is 1.05 bits per heavy atom. The van der Waals surface area contributed by atoms with Crippen LogP contribution < -0.4 is 4.31 Å². The van der Waals surface area contributed by atoms with Crippen molar-refractivity contribution in [2.45, 2.75) is 25.7 Å². The van der Waals surface area contributed by atoms with Crippen LogP contribution in [0.1, 0.15) is 31.2 Å². The molecular formula is C14H19N3O3S. The molecule has 2 aliphatic heterocycles. The number of rotatable bonds is 2. The van der Waals surface area contributed by atoms with Gasteiger partial charge in [0.05, 0.1) is 11.4 Å². The Hall–Kier alpha value is -1.60. The number of para-hydroxylation sites is 1. The first-order chi connectivity index (χ1) is 10.1. The van der Waals surface area contributed by atoms with E-state index in [2.05, 4.69) is 5.16 Å². The van der Waals surface area contributed by atoms with Gasteiger partial charge in [-0.1, -0.05) is 29.8 Å². The quantitative estimate of drug-likeness (QED) is 0.669. The topological polar surface area (TPSA) is 73.2 Å². The fourth-order valence-electron chi connectivity index (χ4n) is 2.98. The van der Waals surface area contributed by atoms with Crippen molar-refractivity contribution in [1.82, 2.24) is 4.31 Å². The van der Waals surface area contributed by atoms with Crippen molar-refractivity contribution in [1.29, 1.82) is 0 Å². The number of fused-ring (bicyclic) bond motifs is 1. The zero-order valence-electron chi connectivity index (χ0n) is 11.8. The van der Waals surface area contributed by atoms with Gasteiger partial charge in [0.25, 0.3) is 0 Å². The molecule has 0 unspecified atom stereocenters. The van der Waals surface area contributed by atoms with Crippen LogP contribution in [0.3, 0.4) is 0 Å². The van der Waals surface area contributed by atoms with Crippen molar-refractivity contribution >= 4 is 21.6 Å². The highest BCUT2D eigenvalue weighted by Crippen LogP contribution is 2.31. The highest BCUT2D eigenvalue weighted by Gasteiger charge is 2.35. The molecule has 0 amide bonds. The van der Waals surface area contributed by atoms with Crippen molar-refractivity contribution in [3.05, 3.63) is 29.8 Å². The molecule has 0 radical (unpaired) electrons.